The number of carbonyl (C=O) groups excluding carboxylic acids is 1. The first kappa shape index (κ1) is 19.6. The second kappa shape index (κ2) is 8.22. The van der Waals surface area contributed by atoms with Gasteiger partial charge in [-0.15, -0.1) is 0 Å². The number of benzene rings is 1. The van der Waals surface area contributed by atoms with Crippen LogP contribution in [0.15, 0.2) is 29.2 Å². The SMILES string of the molecule is Cc1ccc(SOCCC2C3CCC2CN(C(=O)OC(C)(C)C)C3)cc1. The number of hydrogen-bond acceptors (Lipinski definition) is 4. The summed E-state index contributed by atoms with van der Waals surface area (Å²) in [5, 5.41) is 0. The molecule has 5 heteroatoms. The van der Waals surface area contributed by atoms with Crippen molar-refractivity contribution >= 4 is 18.1 Å². The first-order valence-electron chi connectivity index (χ1n) is 9.66. The zero-order valence-electron chi connectivity index (χ0n) is 16.4. The van der Waals surface area contributed by atoms with Crippen LogP contribution in [0.3, 0.4) is 0 Å². The molecule has 0 N–H and O–H groups in total. The molecule has 1 amide bonds. The number of rotatable bonds is 5. The molecular formula is C21H31NO3S. The van der Waals surface area contributed by atoms with Gasteiger partial charge >= 0.3 is 6.09 Å². The van der Waals surface area contributed by atoms with Crippen molar-refractivity contribution in [2.24, 2.45) is 17.8 Å². The number of carbonyl (C=O) groups is 1. The molecule has 3 rings (SSSR count). The Balaban J connectivity index is 1.43. The van der Waals surface area contributed by atoms with Crippen LogP contribution in [0.5, 0.6) is 0 Å². The average Bonchev–Trinajstić information content (AvgIpc) is 2.79. The van der Waals surface area contributed by atoms with Crippen LogP contribution in [-0.4, -0.2) is 36.3 Å². The molecule has 0 aromatic heterocycles. The van der Waals surface area contributed by atoms with Crippen LogP contribution < -0.4 is 0 Å². The molecule has 0 spiro atoms. The van der Waals surface area contributed by atoms with Crippen molar-refractivity contribution in [3.8, 4) is 0 Å². The fraction of sp³-hybridized carbons (Fsp3) is 0.667. The predicted molar refractivity (Wildman–Crippen MR) is 105 cm³/mol. The number of piperidine rings is 1. The molecule has 1 saturated heterocycles. The minimum Gasteiger partial charge on any atom is -0.444 e. The smallest absolute Gasteiger partial charge is 0.410 e. The molecule has 1 saturated carbocycles. The molecule has 0 radical (unpaired) electrons. The largest absolute Gasteiger partial charge is 0.444 e. The molecule has 2 unspecified atom stereocenters. The van der Waals surface area contributed by atoms with Crippen molar-refractivity contribution in [3.05, 3.63) is 29.8 Å². The van der Waals surface area contributed by atoms with E-state index in [1.54, 1.807) is 0 Å². The predicted octanol–water partition coefficient (Wildman–Crippen LogP) is 5.30. The van der Waals surface area contributed by atoms with E-state index in [1.807, 2.05) is 25.7 Å². The van der Waals surface area contributed by atoms with Crippen molar-refractivity contribution in [3.63, 3.8) is 0 Å². The van der Waals surface area contributed by atoms with Crippen molar-refractivity contribution in [1.82, 2.24) is 4.90 Å². The molecule has 144 valence electrons. The van der Waals surface area contributed by atoms with E-state index in [-0.39, 0.29) is 6.09 Å². The first-order chi connectivity index (χ1) is 12.3. The van der Waals surface area contributed by atoms with Gasteiger partial charge in [-0.05, 0) is 76.8 Å². The van der Waals surface area contributed by atoms with Crippen LogP contribution >= 0.6 is 12.0 Å². The van der Waals surface area contributed by atoms with Gasteiger partial charge in [0.15, 0.2) is 0 Å². The Labute approximate surface area is 161 Å². The molecule has 1 aliphatic carbocycles. The van der Waals surface area contributed by atoms with Crippen molar-refractivity contribution in [1.29, 1.82) is 0 Å². The topological polar surface area (TPSA) is 38.8 Å². The molecule has 1 aromatic carbocycles. The monoisotopic (exact) mass is 377 g/mol. The van der Waals surface area contributed by atoms with E-state index in [1.165, 1.54) is 30.4 Å². The summed E-state index contributed by atoms with van der Waals surface area (Å²) < 4.78 is 11.4. The van der Waals surface area contributed by atoms with Gasteiger partial charge in [0.1, 0.15) is 5.60 Å². The molecule has 2 bridgehead atoms. The second-order valence-electron chi connectivity index (χ2n) is 8.65. The van der Waals surface area contributed by atoms with Crippen molar-refractivity contribution < 1.29 is 13.7 Å². The lowest BCUT2D eigenvalue weighted by molar-refractivity contribution is 0.00645. The number of likely N-dealkylation sites (tertiary alicyclic amines) is 1. The number of hydrogen-bond donors (Lipinski definition) is 0. The highest BCUT2D eigenvalue weighted by atomic mass is 32.2. The quantitative estimate of drug-likeness (QED) is 0.515. The van der Waals surface area contributed by atoms with E-state index in [0.29, 0.717) is 17.8 Å². The Morgan fingerprint density at radius 3 is 2.35 bits per heavy atom. The van der Waals surface area contributed by atoms with Gasteiger partial charge in [0, 0.05) is 30.0 Å². The normalized spacial score (nSPS) is 25.4. The number of ether oxygens (including phenoxy) is 1. The summed E-state index contributed by atoms with van der Waals surface area (Å²) >= 11 is 1.47. The fourth-order valence-electron chi connectivity index (χ4n) is 4.17. The fourth-order valence-corrected chi connectivity index (χ4v) is 4.73. The Bertz CT molecular complexity index is 597. The maximum Gasteiger partial charge on any atom is 0.410 e. The summed E-state index contributed by atoms with van der Waals surface area (Å²) in [7, 11) is 0. The van der Waals surface area contributed by atoms with E-state index in [2.05, 4.69) is 31.2 Å². The van der Waals surface area contributed by atoms with Crippen LogP contribution in [-0.2, 0) is 8.92 Å². The lowest BCUT2D eigenvalue weighted by Crippen LogP contribution is -2.47. The lowest BCUT2D eigenvalue weighted by atomic mass is 9.83. The molecule has 2 fully saturated rings. The number of aryl methyl sites for hydroxylation is 1. The maximum atomic E-state index is 12.4. The van der Waals surface area contributed by atoms with E-state index in [9.17, 15) is 4.79 Å². The lowest BCUT2D eigenvalue weighted by Gasteiger charge is -2.38. The van der Waals surface area contributed by atoms with Gasteiger partial charge in [0.25, 0.3) is 0 Å². The third-order valence-electron chi connectivity index (χ3n) is 5.39. The summed E-state index contributed by atoms with van der Waals surface area (Å²) in [4.78, 5) is 15.4. The summed E-state index contributed by atoms with van der Waals surface area (Å²) in [5.74, 6) is 1.86. The van der Waals surface area contributed by atoms with E-state index in [0.717, 1.165) is 31.0 Å². The van der Waals surface area contributed by atoms with Crippen molar-refractivity contribution in [2.45, 2.75) is 57.5 Å². The highest BCUT2D eigenvalue weighted by molar-refractivity contribution is 7.94. The van der Waals surface area contributed by atoms with E-state index < -0.39 is 5.60 Å². The minimum atomic E-state index is -0.423. The van der Waals surface area contributed by atoms with Gasteiger partial charge in [-0.2, -0.15) is 0 Å². The van der Waals surface area contributed by atoms with Crippen molar-refractivity contribution in [2.75, 3.05) is 19.7 Å². The Hall–Kier alpha value is -1.20. The number of nitrogens with zero attached hydrogens (tertiary/aromatic N) is 1. The Kier molecular flexibility index (Phi) is 6.18. The van der Waals surface area contributed by atoms with Gasteiger partial charge < -0.3 is 13.8 Å². The molecule has 2 aliphatic rings. The van der Waals surface area contributed by atoms with Crippen LogP contribution in [0.4, 0.5) is 4.79 Å². The average molecular weight is 378 g/mol. The van der Waals surface area contributed by atoms with Gasteiger partial charge in [-0.25, -0.2) is 4.79 Å². The Morgan fingerprint density at radius 1 is 1.15 bits per heavy atom. The molecule has 4 nitrogen and oxygen atoms in total. The van der Waals surface area contributed by atoms with Crippen LogP contribution in [0.25, 0.3) is 0 Å². The third kappa shape index (κ3) is 5.17. The Morgan fingerprint density at radius 2 is 1.77 bits per heavy atom. The zero-order chi connectivity index (χ0) is 18.7. The summed E-state index contributed by atoms with van der Waals surface area (Å²) in [6.07, 6.45) is 3.37. The van der Waals surface area contributed by atoms with Gasteiger partial charge in [-0.3, -0.25) is 0 Å². The first-order valence-corrected chi connectivity index (χ1v) is 10.4. The van der Waals surface area contributed by atoms with Crippen LogP contribution in [0, 0.1) is 24.7 Å². The van der Waals surface area contributed by atoms with Crippen LogP contribution in [0.2, 0.25) is 0 Å². The van der Waals surface area contributed by atoms with Crippen LogP contribution in [0.1, 0.15) is 45.6 Å². The standard InChI is InChI=1S/C21H31NO3S/c1-15-5-9-18(10-6-15)26-24-12-11-19-16-7-8-17(19)14-22(13-16)20(23)25-21(2,3)4/h5-6,9-10,16-17,19H,7-8,11-14H2,1-4H3. The summed E-state index contributed by atoms with van der Waals surface area (Å²) in [6, 6.07) is 8.42. The molecule has 1 aliphatic heterocycles. The van der Waals surface area contributed by atoms with Gasteiger partial charge in [0.05, 0.1) is 6.61 Å². The third-order valence-corrected chi connectivity index (χ3v) is 6.14. The van der Waals surface area contributed by atoms with Gasteiger partial charge in [-0.1, -0.05) is 17.7 Å². The van der Waals surface area contributed by atoms with Gasteiger partial charge in [0.2, 0.25) is 0 Å². The highest BCUT2D eigenvalue weighted by Gasteiger charge is 2.43. The number of amides is 1. The molecule has 26 heavy (non-hydrogen) atoms. The minimum absolute atomic E-state index is 0.154. The summed E-state index contributed by atoms with van der Waals surface area (Å²) in [6.45, 7) is 10.3. The zero-order valence-corrected chi connectivity index (χ0v) is 17.2. The molecular weight excluding hydrogens is 346 g/mol. The van der Waals surface area contributed by atoms with E-state index in [4.69, 9.17) is 8.92 Å². The molecule has 1 heterocycles. The second-order valence-corrected chi connectivity index (χ2v) is 9.53. The van der Waals surface area contributed by atoms with E-state index >= 15 is 0 Å². The molecule has 2 atom stereocenters. The molecule has 1 aromatic rings. The number of fused-ring (bicyclic) bond motifs is 2. The summed E-state index contributed by atoms with van der Waals surface area (Å²) in [5.41, 5.74) is 0.844. The maximum absolute atomic E-state index is 12.4. The highest BCUT2D eigenvalue weighted by Crippen LogP contribution is 2.44.